The number of hydrogen-bond donors (Lipinski definition) is 1. The topological polar surface area (TPSA) is 72.2 Å². The van der Waals surface area contributed by atoms with Crippen molar-refractivity contribution in [2.24, 2.45) is 0 Å². The van der Waals surface area contributed by atoms with Crippen LogP contribution in [0.3, 0.4) is 0 Å². The van der Waals surface area contributed by atoms with E-state index < -0.39 is 33.6 Å². The van der Waals surface area contributed by atoms with E-state index in [0.717, 1.165) is 18.2 Å². The van der Waals surface area contributed by atoms with E-state index in [1.807, 2.05) is 5.43 Å². The fraction of sp³-hybridized carbons (Fsp3) is 0.154. The maximum absolute atomic E-state index is 13.7. The highest BCUT2D eigenvalue weighted by molar-refractivity contribution is 9.11. The van der Waals surface area contributed by atoms with Crippen molar-refractivity contribution in [3.8, 4) is 0 Å². The number of nitrogens with zero attached hydrogens (tertiary/aromatic N) is 1. The van der Waals surface area contributed by atoms with Crippen molar-refractivity contribution in [2.75, 3.05) is 0 Å². The van der Waals surface area contributed by atoms with Gasteiger partial charge >= 0.3 is 0 Å². The lowest BCUT2D eigenvalue weighted by Gasteiger charge is -2.27. The molecular formula is C13H9BrF2N2O3. The number of ketones is 1. The third-order valence-electron chi connectivity index (χ3n) is 3.03. The molecule has 1 unspecified atom stereocenters. The van der Waals surface area contributed by atoms with Gasteiger partial charge in [-0.05, 0) is 24.3 Å². The Hall–Kier alpha value is -2.09. The number of halogens is 3. The largest absolute Gasteiger partial charge is 0.291 e. The summed E-state index contributed by atoms with van der Waals surface area (Å²) in [6, 6.07) is 2.96. The zero-order chi connectivity index (χ0) is 15.6. The van der Waals surface area contributed by atoms with Gasteiger partial charge in [-0.25, -0.2) is 18.9 Å². The molecule has 0 radical (unpaired) electrons. The van der Waals surface area contributed by atoms with E-state index in [1.54, 1.807) is 0 Å². The van der Waals surface area contributed by atoms with E-state index >= 15 is 0 Å². The first kappa shape index (κ1) is 15.3. The fourth-order valence-corrected chi connectivity index (χ4v) is 2.31. The number of nitrogens with one attached hydrogen (secondary N) is 1. The van der Waals surface area contributed by atoms with Crippen LogP contribution in [0, 0.1) is 21.7 Å². The predicted octanol–water partition coefficient (Wildman–Crippen LogP) is 2.91. The summed E-state index contributed by atoms with van der Waals surface area (Å²) < 4.78 is 28.1. The molecule has 5 nitrogen and oxygen atoms in total. The van der Waals surface area contributed by atoms with E-state index in [1.165, 1.54) is 18.2 Å². The van der Waals surface area contributed by atoms with Crippen LogP contribution < -0.4 is 5.43 Å². The molecule has 0 aliphatic heterocycles. The molecule has 0 fully saturated rings. The van der Waals surface area contributed by atoms with Crippen molar-refractivity contribution in [1.82, 2.24) is 5.43 Å². The number of carbonyl (C=O) groups is 1. The fourth-order valence-electron chi connectivity index (χ4n) is 2.02. The molecule has 1 aromatic rings. The summed E-state index contributed by atoms with van der Waals surface area (Å²) in [7, 11) is 0. The summed E-state index contributed by atoms with van der Waals surface area (Å²) >= 11 is 3.16. The van der Waals surface area contributed by atoms with Crippen LogP contribution >= 0.6 is 15.9 Å². The second-order valence-corrected chi connectivity index (χ2v) is 5.31. The maximum atomic E-state index is 13.7. The van der Waals surface area contributed by atoms with Gasteiger partial charge in [0.1, 0.15) is 11.6 Å². The smallest absolute Gasteiger partial charge is 0.204 e. The average Bonchev–Trinajstić information content (AvgIpc) is 2.40. The van der Waals surface area contributed by atoms with Gasteiger partial charge in [0.05, 0.1) is 5.56 Å². The Morgan fingerprint density at radius 3 is 2.48 bits per heavy atom. The molecule has 0 saturated heterocycles. The second-order valence-electron chi connectivity index (χ2n) is 4.39. The molecule has 110 valence electrons. The van der Waals surface area contributed by atoms with Crippen molar-refractivity contribution < 1.29 is 18.6 Å². The zero-order valence-electron chi connectivity index (χ0n) is 10.5. The number of nitro groups is 1. The van der Waals surface area contributed by atoms with Crippen molar-refractivity contribution in [2.45, 2.75) is 12.0 Å². The van der Waals surface area contributed by atoms with Crippen LogP contribution in [0.4, 0.5) is 8.78 Å². The Morgan fingerprint density at radius 2 is 2.00 bits per heavy atom. The number of allylic oxidation sites excluding steroid dienone is 2. The third kappa shape index (κ3) is 2.99. The van der Waals surface area contributed by atoms with Gasteiger partial charge in [-0.15, -0.1) is 5.43 Å². The third-order valence-corrected chi connectivity index (χ3v) is 3.62. The van der Waals surface area contributed by atoms with E-state index in [0.29, 0.717) is 4.48 Å². The van der Waals surface area contributed by atoms with Gasteiger partial charge in [-0.1, -0.05) is 28.1 Å². The van der Waals surface area contributed by atoms with Gasteiger partial charge in [0.2, 0.25) is 5.78 Å². The minimum Gasteiger partial charge on any atom is -0.291 e. The highest BCUT2D eigenvalue weighted by Crippen LogP contribution is 2.29. The van der Waals surface area contributed by atoms with Crippen LogP contribution in [0.15, 0.2) is 40.9 Å². The Bertz CT molecular complexity index is 655. The van der Waals surface area contributed by atoms with E-state index in [2.05, 4.69) is 15.9 Å². The summed E-state index contributed by atoms with van der Waals surface area (Å²) in [5.41, 5.74) is -0.777. The van der Waals surface area contributed by atoms with Crippen molar-refractivity contribution >= 4 is 21.7 Å². The Kier molecular flexibility index (Phi) is 4.17. The lowest BCUT2D eigenvalue weighted by Crippen LogP contribution is -2.53. The van der Waals surface area contributed by atoms with Crippen molar-refractivity contribution in [3.63, 3.8) is 0 Å². The standard InChI is InChI=1S/C13H9BrF2N2O3/c14-8-4-6-13(7-5-8,17-18(20)21)12(19)11-9(15)2-1-3-10(11)16/h1-6,17H,7H2. The van der Waals surface area contributed by atoms with Gasteiger partial charge < -0.3 is 0 Å². The van der Waals surface area contributed by atoms with Crippen LogP contribution in [0.5, 0.6) is 0 Å². The number of rotatable bonds is 4. The number of hydrazine groups is 1. The molecule has 0 saturated carbocycles. The Labute approximate surface area is 126 Å². The quantitative estimate of drug-likeness (QED) is 0.510. The molecule has 0 amide bonds. The molecule has 1 N–H and O–H groups in total. The van der Waals surface area contributed by atoms with E-state index in [9.17, 15) is 23.7 Å². The van der Waals surface area contributed by atoms with Gasteiger partial charge in [-0.3, -0.25) is 4.79 Å². The first-order valence-electron chi connectivity index (χ1n) is 5.82. The Balaban J connectivity index is 2.50. The van der Waals surface area contributed by atoms with Gasteiger partial charge in [0.15, 0.2) is 10.6 Å². The highest BCUT2D eigenvalue weighted by Gasteiger charge is 2.43. The first-order valence-corrected chi connectivity index (χ1v) is 6.61. The molecule has 0 heterocycles. The first-order chi connectivity index (χ1) is 9.85. The zero-order valence-corrected chi connectivity index (χ0v) is 12.1. The summed E-state index contributed by atoms with van der Waals surface area (Å²) in [4.78, 5) is 23.2. The van der Waals surface area contributed by atoms with Crippen LogP contribution in [-0.4, -0.2) is 16.4 Å². The van der Waals surface area contributed by atoms with E-state index in [4.69, 9.17) is 0 Å². The minimum atomic E-state index is -1.83. The summed E-state index contributed by atoms with van der Waals surface area (Å²) in [6.07, 6.45) is 4.02. The molecule has 1 atom stereocenters. The predicted molar refractivity (Wildman–Crippen MR) is 74.3 cm³/mol. The van der Waals surface area contributed by atoms with Crippen LogP contribution in [0.1, 0.15) is 16.8 Å². The van der Waals surface area contributed by atoms with E-state index in [-0.39, 0.29) is 6.42 Å². The molecular weight excluding hydrogens is 350 g/mol. The number of carbonyl (C=O) groups excluding carboxylic acids is 1. The van der Waals surface area contributed by atoms with Gasteiger partial charge in [0, 0.05) is 10.9 Å². The Morgan fingerprint density at radius 1 is 1.38 bits per heavy atom. The highest BCUT2D eigenvalue weighted by atomic mass is 79.9. The number of benzene rings is 1. The van der Waals surface area contributed by atoms with Gasteiger partial charge in [0.25, 0.3) is 0 Å². The van der Waals surface area contributed by atoms with Crippen molar-refractivity contribution in [3.05, 3.63) is 68.2 Å². The number of hydrogen-bond acceptors (Lipinski definition) is 3. The molecule has 2 rings (SSSR count). The normalized spacial score (nSPS) is 20.8. The molecule has 1 aliphatic rings. The second kappa shape index (κ2) is 5.72. The lowest BCUT2D eigenvalue weighted by atomic mass is 9.84. The molecule has 0 bridgehead atoms. The van der Waals surface area contributed by atoms with Crippen molar-refractivity contribution in [1.29, 1.82) is 0 Å². The molecule has 0 spiro atoms. The monoisotopic (exact) mass is 358 g/mol. The minimum absolute atomic E-state index is 0.113. The molecule has 1 aromatic carbocycles. The molecule has 1 aliphatic carbocycles. The number of Topliss-reactive ketones (excluding diaryl/α,β-unsaturated/α-hetero) is 1. The summed E-state index contributed by atoms with van der Waals surface area (Å²) in [5, 5.41) is 9.84. The van der Waals surface area contributed by atoms with Crippen LogP contribution in [0.2, 0.25) is 0 Å². The SMILES string of the molecule is O=C(c1c(F)cccc1F)C1(N[N+](=O)[O-])C=CC(Br)=CC1. The van der Waals surface area contributed by atoms with Gasteiger partial charge in [-0.2, -0.15) is 0 Å². The molecule has 0 aromatic heterocycles. The summed E-state index contributed by atoms with van der Waals surface area (Å²) in [6.45, 7) is 0. The molecule has 8 heteroatoms. The molecule has 21 heavy (non-hydrogen) atoms. The van der Waals surface area contributed by atoms with Crippen LogP contribution in [-0.2, 0) is 0 Å². The lowest BCUT2D eigenvalue weighted by molar-refractivity contribution is -0.553. The average molecular weight is 359 g/mol. The maximum Gasteiger partial charge on any atom is 0.204 e. The summed E-state index contributed by atoms with van der Waals surface area (Å²) in [5.74, 6) is -3.17. The van der Waals surface area contributed by atoms with Crippen LogP contribution in [0.25, 0.3) is 0 Å².